The van der Waals surface area contributed by atoms with Crippen molar-refractivity contribution in [3.8, 4) is 0 Å². The Balaban J connectivity index is 0.00000128. The Morgan fingerprint density at radius 1 is 1.50 bits per heavy atom. The summed E-state index contributed by atoms with van der Waals surface area (Å²) in [6, 6.07) is 4.86. The Labute approximate surface area is 104 Å². The number of hydrogen-bond acceptors (Lipinski definition) is 3. The van der Waals surface area contributed by atoms with Gasteiger partial charge in [0.2, 0.25) is 0 Å². The number of rotatable bonds is 2. The molecule has 2 rings (SSSR count). The Kier molecular flexibility index (Phi) is 5.19. The molecular formula is C12H20ClN3. The Morgan fingerprint density at radius 2 is 2.31 bits per heavy atom. The number of aryl methyl sites for hydroxylation is 1. The molecule has 90 valence electrons. The van der Waals surface area contributed by atoms with E-state index in [9.17, 15) is 0 Å². The number of pyridine rings is 1. The predicted octanol–water partition coefficient (Wildman–Crippen LogP) is 1.61. The number of aromatic nitrogens is 1. The molecule has 16 heavy (non-hydrogen) atoms. The zero-order valence-corrected chi connectivity index (χ0v) is 10.8. The standard InChI is InChI=1S/C12H19N3.ClH/c1-10-3-4-12(14-7-10)9-15-6-5-13-11(2)8-15;/h3-4,7,11,13H,5-6,8-9H2,1-2H3;1H. The summed E-state index contributed by atoms with van der Waals surface area (Å²) in [6.07, 6.45) is 1.95. The summed E-state index contributed by atoms with van der Waals surface area (Å²) in [5, 5.41) is 3.44. The molecule has 0 saturated carbocycles. The molecule has 1 aliphatic rings. The third kappa shape index (κ3) is 3.74. The van der Waals surface area contributed by atoms with Crippen LogP contribution in [0.2, 0.25) is 0 Å². The van der Waals surface area contributed by atoms with Crippen LogP contribution < -0.4 is 5.32 Å². The fourth-order valence-electron chi connectivity index (χ4n) is 1.98. The third-order valence-electron chi connectivity index (χ3n) is 2.81. The van der Waals surface area contributed by atoms with Gasteiger partial charge in [0.05, 0.1) is 5.69 Å². The lowest BCUT2D eigenvalue weighted by Crippen LogP contribution is -2.48. The lowest BCUT2D eigenvalue weighted by Gasteiger charge is -2.31. The summed E-state index contributed by atoms with van der Waals surface area (Å²) in [5.41, 5.74) is 2.40. The number of nitrogens with zero attached hydrogens (tertiary/aromatic N) is 2. The maximum Gasteiger partial charge on any atom is 0.0544 e. The number of nitrogens with one attached hydrogen (secondary N) is 1. The molecule has 4 heteroatoms. The second-order valence-corrected chi connectivity index (χ2v) is 4.42. The number of halogens is 1. The van der Waals surface area contributed by atoms with Crippen LogP contribution in [0.15, 0.2) is 18.3 Å². The first-order chi connectivity index (χ1) is 7.24. The van der Waals surface area contributed by atoms with Gasteiger partial charge in [0.1, 0.15) is 0 Å². The first-order valence-electron chi connectivity index (χ1n) is 5.61. The Morgan fingerprint density at radius 3 is 2.94 bits per heavy atom. The van der Waals surface area contributed by atoms with Gasteiger partial charge in [0.15, 0.2) is 0 Å². The molecule has 1 N–H and O–H groups in total. The molecule has 1 aromatic rings. The van der Waals surface area contributed by atoms with Crippen LogP contribution in [0.4, 0.5) is 0 Å². The molecule has 3 nitrogen and oxygen atoms in total. The van der Waals surface area contributed by atoms with Crippen LogP contribution in [0.25, 0.3) is 0 Å². The maximum absolute atomic E-state index is 4.44. The third-order valence-corrected chi connectivity index (χ3v) is 2.81. The first kappa shape index (κ1) is 13.4. The van der Waals surface area contributed by atoms with Crippen LogP contribution in [0.5, 0.6) is 0 Å². The zero-order valence-electron chi connectivity index (χ0n) is 9.94. The summed E-state index contributed by atoms with van der Waals surface area (Å²) in [5.74, 6) is 0. The van der Waals surface area contributed by atoms with Crippen molar-refractivity contribution in [3.05, 3.63) is 29.6 Å². The van der Waals surface area contributed by atoms with Crippen molar-refractivity contribution in [2.45, 2.75) is 26.4 Å². The highest BCUT2D eigenvalue weighted by Gasteiger charge is 2.15. The molecule has 1 fully saturated rings. The highest BCUT2D eigenvalue weighted by atomic mass is 35.5. The molecule has 0 aliphatic carbocycles. The van der Waals surface area contributed by atoms with E-state index in [1.165, 1.54) is 11.3 Å². The molecule has 0 aromatic carbocycles. The molecule has 0 radical (unpaired) electrons. The van der Waals surface area contributed by atoms with E-state index in [4.69, 9.17) is 0 Å². The van der Waals surface area contributed by atoms with Crippen molar-refractivity contribution in [3.63, 3.8) is 0 Å². The number of hydrogen-bond donors (Lipinski definition) is 1. The molecule has 0 amide bonds. The summed E-state index contributed by atoms with van der Waals surface area (Å²) in [4.78, 5) is 6.89. The molecule has 2 heterocycles. The van der Waals surface area contributed by atoms with E-state index in [2.05, 4.69) is 41.2 Å². The van der Waals surface area contributed by atoms with Crippen molar-refractivity contribution in [1.29, 1.82) is 0 Å². The van der Waals surface area contributed by atoms with E-state index >= 15 is 0 Å². The van der Waals surface area contributed by atoms with Crippen LogP contribution in [0.3, 0.4) is 0 Å². The number of piperazine rings is 1. The average molecular weight is 242 g/mol. The van der Waals surface area contributed by atoms with Gasteiger partial charge in [0.25, 0.3) is 0 Å². The van der Waals surface area contributed by atoms with Gasteiger partial charge in [-0.1, -0.05) is 6.07 Å². The highest BCUT2D eigenvalue weighted by Crippen LogP contribution is 2.06. The lowest BCUT2D eigenvalue weighted by molar-refractivity contribution is 0.197. The largest absolute Gasteiger partial charge is 0.312 e. The van der Waals surface area contributed by atoms with Crippen LogP contribution in [-0.2, 0) is 6.54 Å². The quantitative estimate of drug-likeness (QED) is 0.853. The van der Waals surface area contributed by atoms with Gasteiger partial charge >= 0.3 is 0 Å². The van der Waals surface area contributed by atoms with Gasteiger partial charge in [-0.25, -0.2) is 0 Å². The maximum atomic E-state index is 4.44. The van der Waals surface area contributed by atoms with Gasteiger partial charge in [0, 0.05) is 38.4 Å². The lowest BCUT2D eigenvalue weighted by atomic mass is 10.2. The minimum absolute atomic E-state index is 0. The first-order valence-corrected chi connectivity index (χ1v) is 5.61. The van der Waals surface area contributed by atoms with Crippen molar-refractivity contribution in [1.82, 2.24) is 15.2 Å². The van der Waals surface area contributed by atoms with Crippen molar-refractivity contribution in [2.75, 3.05) is 19.6 Å². The van der Waals surface area contributed by atoms with E-state index in [0.29, 0.717) is 6.04 Å². The van der Waals surface area contributed by atoms with E-state index in [1.807, 2.05) is 6.20 Å². The van der Waals surface area contributed by atoms with Gasteiger partial charge in [-0.3, -0.25) is 9.88 Å². The molecule has 1 unspecified atom stereocenters. The van der Waals surface area contributed by atoms with Crippen LogP contribution >= 0.6 is 12.4 Å². The molecule has 1 saturated heterocycles. The van der Waals surface area contributed by atoms with E-state index < -0.39 is 0 Å². The summed E-state index contributed by atoms with van der Waals surface area (Å²) in [6.45, 7) is 8.62. The molecule has 0 spiro atoms. The van der Waals surface area contributed by atoms with Gasteiger partial charge in [-0.15, -0.1) is 12.4 Å². The SMILES string of the molecule is Cc1ccc(CN2CCNC(C)C2)nc1.Cl. The Hall–Kier alpha value is -0.640. The van der Waals surface area contributed by atoms with Crippen LogP contribution in [0, 0.1) is 6.92 Å². The second-order valence-electron chi connectivity index (χ2n) is 4.42. The molecule has 0 bridgehead atoms. The normalized spacial score (nSPS) is 21.5. The zero-order chi connectivity index (χ0) is 10.7. The predicted molar refractivity (Wildman–Crippen MR) is 69.0 cm³/mol. The van der Waals surface area contributed by atoms with Crippen molar-refractivity contribution in [2.24, 2.45) is 0 Å². The van der Waals surface area contributed by atoms with Crippen molar-refractivity contribution >= 4 is 12.4 Å². The Bertz CT molecular complexity index is 313. The smallest absolute Gasteiger partial charge is 0.0544 e. The topological polar surface area (TPSA) is 28.2 Å². The fourth-order valence-corrected chi connectivity index (χ4v) is 1.98. The average Bonchev–Trinajstić information content (AvgIpc) is 2.22. The van der Waals surface area contributed by atoms with Crippen LogP contribution in [-0.4, -0.2) is 35.6 Å². The van der Waals surface area contributed by atoms with E-state index in [1.54, 1.807) is 0 Å². The monoisotopic (exact) mass is 241 g/mol. The van der Waals surface area contributed by atoms with Gasteiger partial charge < -0.3 is 5.32 Å². The molecule has 1 atom stereocenters. The summed E-state index contributed by atoms with van der Waals surface area (Å²) < 4.78 is 0. The highest BCUT2D eigenvalue weighted by molar-refractivity contribution is 5.85. The van der Waals surface area contributed by atoms with Gasteiger partial charge in [-0.2, -0.15) is 0 Å². The van der Waals surface area contributed by atoms with Gasteiger partial charge in [-0.05, 0) is 25.5 Å². The summed E-state index contributed by atoms with van der Waals surface area (Å²) >= 11 is 0. The molecule has 1 aromatic heterocycles. The second kappa shape index (κ2) is 6.18. The van der Waals surface area contributed by atoms with E-state index in [0.717, 1.165) is 26.2 Å². The van der Waals surface area contributed by atoms with Crippen LogP contribution in [0.1, 0.15) is 18.2 Å². The van der Waals surface area contributed by atoms with E-state index in [-0.39, 0.29) is 12.4 Å². The summed E-state index contributed by atoms with van der Waals surface area (Å²) in [7, 11) is 0. The minimum Gasteiger partial charge on any atom is -0.312 e. The fraction of sp³-hybridized carbons (Fsp3) is 0.583. The van der Waals surface area contributed by atoms with Crippen molar-refractivity contribution < 1.29 is 0 Å². The molecular weight excluding hydrogens is 222 g/mol. The minimum atomic E-state index is 0. The molecule has 1 aliphatic heterocycles.